The Kier molecular flexibility index (Phi) is 11.9. The van der Waals surface area contributed by atoms with Gasteiger partial charge in [-0.2, -0.15) is 0 Å². The Labute approximate surface area is 71.3 Å². The van der Waals surface area contributed by atoms with Gasteiger partial charge in [0.2, 0.25) is 0 Å². The first-order chi connectivity index (χ1) is 3.27. The van der Waals surface area contributed by atoms with Gasteiger partial charge in [0, 0.05) is 0 Å². The van der Waals surface area contributed by atoms with E-state index >= 15 is 0 Å². The van der Waals surface area contributed by atoms with Crippen molar-refractivity contribution in [2.24, 2.45) is 0 Å². The predicted molar refractivity (Wildman–Crippen MR) is 34.7 cm³/mol. The summed E-state index contributed by atoms with van der Waals surface area (Å²) in [6.45, 7) is 4.53. The summed E-state index contributed by atoms with van der Waals surface area (Å²) >= 11 is 2.10. The van der Waals surface area contributed by atoms with Crippen LogP contribution in [0.3, 0.4) is 0 Å². The summed E-state index contributed by atoms with van der Waals surface area (Å²) in [5, 5.41) is 0. The van der Waals surface area contributed by atoms with Crippen molar-refractivity contribution in [2.45, 2.75) is 37.2 Å². The standard InChI is InChI=1S/C6H13.ClH.Mg/c1-3-5-6-4-2;;/h3H,4-6H2,1-2H3;1H;/q;;+1/p-1. The van der Waals surface area contributed by atoms with E-state index in [0.717, 1.165) is 4.05 Å². The third-order valence-electron chi connectivity index (χ3n) is 1.05. The molecule has 0 aromatic rings. The van der Waals surface area contributed by atoms with Gasteiger partial charge < -0.3 is 12.4 Å². The van der Waals surface area contributed by atoms with Crippen molar-refractivity contribution in [3.05, 3.63) is 0 Å². The van der Waals surface area contributed by atoms with Crippen molar-refractivity contribution in [2.75, 3.05) is 0 Å². The van der Waals surface area contributed by atoms with E-state index in [0.29, 0.717) is 0 Å². The van der Waals surface area contributed by atoms with E-state index in [2.05, 4.69) is 35.6 Å². The summed E-state index contributed by atoms with van der Waals surface area (Å²) in [4.78, 5) is 0. The van der Waals surface area contributed by atoms with Crippen LogP contribution in [0.4, 0.5) is 0 Å². The van der Waals surface area contributed by atoms with Crippen molar-refractivity contribution in [3.63, 3.8) is 0 Å². The molecule has 0 N–H and O–H groups in total. The Bertz CT molecular complexity index is 37.5. The summed E-state index contributed by atoms with van der Waals surface area (Å²) in [6, 6.07) is 0. The van der Waals surface area contributed by atoms with E-state index in [1.165, 1.54) is 19.3 Å². The Balaban J connectivity index is 0. The summed E-state index contributed by atoms with van der Waals surface area (Å²) < 4.78 is 0.931. The molecule has 0 saturated carbocycles. The molecule has 0 saturated heterocycles. The number of rotatable bonds is 3. The van der Waals surface area contributed by atoms with Crippen LogP contribution < -0.4 is 12.4 Å². The first-order valence-corrected chi connectivity index (χ1v) is 3.92. The molecule has 46 valence electrons. The van der Waals surface area contributed by atoms with Crippen molar-refractivity contribution in [3.8, 4) is 0 Å². The predicted octanol–water partition coefficient (Wildman–Crippen LogP) is -0.842. The second-order valence-corrected chi connectivity index (χ2v) is 3.64. The molecule has 0 aliphatic carbocycles. The first-order valence-electron chi connectivity index (χ1n) is 3.10. The molecule has 0 aromatic heterocycles. The zero-order chi connectivity index (χ0) is 5.70. The topological polar surface area (TPSA) is 0 Å². The quantitative estimate of drug-likeness (QED) is 0.454. The molecule has 0 heterocycles. The molecule has 0 bridgehead atoms. The fourth-order valence-electron chi connectivity index (χ4n) is 0.553. The molecule has 2 heteroatoms. The molecule has 1 unspecified atom stereocenters. The third-order valence-corrected chi connectivity index (χ3v) is 1.46. The van der Waals surface area contributed by atoms with E-state index < -0.39 is 0 Å². The van der Waals surface area contributed by atoms with Gasteiger partial charge in [0.05, 0.1) is 0 Å². The van der Waals surface area contributed by atoms with E-state index in [-0.39, 0.29) is 12.4 Å². The fraction of sp³-hybridized carbons (Fsp3) is 1.00. The maximum absolute atomic E-state index is 2.29. The normalized spacial score (nSPS) is 12.5. The summed E-state index contributed by atoms with van der Waals surface area (Å²) in [5.41, 5.74) is 0. The van der Waals surface area contributed by atoms with Gasteiger partial charge in [-0.1, -0.05) is 0 Å². The van der Waals surface area contributed by atoms with Crippen molar-refractivity contribution in [1.29, 1.82) is 0 Å². The monoisotopic (exact) mass is 144 g/mol. The molecule has 0 fully saturated rings. The molecule has 0 amide bonds. The zero-order valence-corrected chi connectivity index (χ0v) is 7.95. The zero-order valence-electron chi connectivity index (χ0n) is 5.78. The Morgan fingerprint density at radius 3 is 2.12 bits per heavy atom. The number of halogens is 1. The molecule has 0 rings (SSSR count). The second-order valence-electron chi connectivity index (χ2n) is 2.25. The van der Waals surface area contributed by atoms with E-state index in [4.69, 9.17) is 0 Å². The van der Waals surface area contributed by atoms with Crippen LogP contribution in [0.15, 0.2) is 0 Å². The van der Waals surface area contributed by atoms with E-state index in [1.54, 1.807) is 0 Å². The van der Waals surface area contributed by atoms with Gasteiger partial charge in [0.15, 0.2) is 0 Å². The molecule has 0 radical (unpaired) electrons. The van der Waals surface area contributed by atoms with Crippen LogP contribution in [-0.2, 0) is 0 Å². The van der Waals surface area contributed by atoms with E-state index in [1.807, 2.05) is 0 Å². The van der Waals surface area contributed by atoms with Crippen molar-refractivity contribution >= 4 is 21.7 Å². The van der Waals surface area contributed by atoms with Gasteiger partial charge in [0.25, 0.3) is 0 Å². The van der Waals surface area contributed by atoms with Crippen LogP contribution in [0.5, 0.6) is 0 Å². The number of hydrogen-bond acceptors (Lipinski definition) is 0. The average molecular weight is 145 g/mol. The van der Waals surface area contributed by atoms with Crippen LogP contribution in [-0.4, -0.2) is 21.7 Å². The van der Waals surface area contributed by atoms with Gasteiger partial charge in [0.1, 0.15) is 0 Å². The second kappa shape index (κ2) is 8.06. The van der Waals surface area contributed by atoms with Gasteiger partial charge in [-0.05, 0) is 0 Å². The minimum atomic E-state index is 0. The van der Waals surface area contributed by atoms with Crippen LogP contribution >= 0.6 is 0 Å². The van der Waals surface area contributed by atoms with Gasteiger partial charge in [-0.25, -0.2) is 0 Å². The maximum Gasteiger partial charge on any atom is -1.00 e. The molecule has 0 aliphatic heterocycles. The number of hydrogen-bond donors (Lipinski definition) is 0. The molecular weight excluding hydrogens is 132 g/mol. The van der Waals surface area contributed by atoms with Gasteiger partial charge >= 0.3 is 58.9 Å². The summed E-state index contributed by atoms with van der Waals surface area (Å²) in [7, 11) is 0. The minimum Gasteiger partial charge on any atom is -1.00 e. The van der Waals surface area contributed by atoms with Crippen molar-refractivity contribution < 1.29 is 12.4 Å². The maximum atomic E-state index is 2.29. The minimum absolute atomic E-state index is 0. The van der Waals surface area contributed by atoms with Crippen LogP contribution in [0.2, 0.25) is 4.05 Å². The van der Waals surface area contributed by atoms with Crippen LogP contribution in [0, 0.1) is 0 Å². The van der Waals surface area contributed by atoms with Gasteiger partial charge in [-0.3, -0.25) is 0 Å². The smallest absolute Gasteiger partial charge is 1.00 e. The molecule has 0 spiro atoms. The Hall–Kier alpha value is 1.06. The molecule has 0 aromatic carbocycles. The Morgan fingerprint density at radius 1 is 1.50 bits per heavy atom. The van der Waals surface area contributed by atoms with Crippen LogP contribution in [0.25, 0.3) is 0 Å². The Morgan fingerprint density at radius 2 is 2.00 bits per heavy atom. The number of unbranched alkanes of at least 4 members (excludes halogenated alkanes) is 1. The van der Waals surface area contributed by atoms with Crippen LogP contribution in [0.1, 0.15) is 33.1 Å². The van der Waals surface area contributed by atoms with Gasteiger partial charge in [-0.15, -0.1) is 0 Å². The molecule has 0 aliphatic rings. The third kappa shape index (κ3) is 10.1. The molecule has 0 nitrogen and oxygen atoms in total. The summed E-state index contributed by atoms with van der Waals surface area (Å²) in [5.74, 6) is 0. The first kappa shape index (κ1) is 11.8. The average Bonchev–Trinajstić information content (AvgIpc) is 1.61. The van der Waals surface area contributed by atoms with E-state index in [9.17, 15) is 0 Å². The largest absolute Gasteiger partial charge is 1.00 e. The molecule has 8 heavy (non-hydrogen) atoms. The molecule has 1 atom stereocenters. The summed E-state index contributed by atoms with van der Waals surface area (Å²) in [6.07, 6.45) is 4.17. The molecular formula is C6H13ClMg. The van der Waals surface area contributed by atoms with Crippen molar-refractivity contribution in [1.82, 2.24) is 0 Å². The SMILES string of the molecule is CCCC[CH](C)[Mg+].[Cl-]. The fourth-order valence-corrected chi connectivity index (χ4v) is 0.841.